The summed E-state index contributed by atoms with van der Waals surface area (Å²) < 4.78 is 15.1. The minimum absolute atomic E-state index is 0.0254. The number of hydrogen-bond donors (Lipinski definition) is 2. The lowest BCUT2D eigenvalue weighted by Gasteiger charge is -2.64. The van der Waals surface area contributed by atoms with Crippen molar-refractivity contribution in [3.8, 4) is 0 Å². The van der Waals surface area contributed by atoms with Crippen LogP contribution in [0.15, 0.2) is 47.8 Å². The predicted octanol–water partition coefficient (Wildman–Crippen LogP) is 4.75. The minimum atomic E-state index is -1.27. The van der Waals surface area contributed by atoms with Gasteiger partial charge < -0.3 is 24.8 Å². The van der Waals surface area contributed by atoms with Crippen molar-refractivity contribution in [2.24, 2.45) is 28.3 Å². The monoisotopic (exact) mass is 617 g/mol. The van der Waals surface area contributed by atoms with E-state index in [4.69, 9.17) is 14.1 Å². The van der Waals surface area contributed by atoms with Crippen molar-refractivity contribution >= 4 is 24.6 Å². The minimum Gasteiger partial charge on any atom is -0.404 e. The maximum absolute atomic E-state index is 14.4. The molecule has 3 aliphatic carbocycles. The number of aromatic nitrogens is 2. The fraction of sp³-hybridized carbons (Fsp3) is 0.647. The topological polar surface area (TPSA) is 116 Å². The van der Waals surface area contributed by atoms with Crippen LogP contribution >= 0.6 is 0 Å². The zero-order valence-corrected chi connectivity index (χ0v) is 27.7. The fourth-order valence-corrected chi connectivity index (χ4v) is 8.16. The average Bonchev–Trinajstić information content (AvgIpc) is 3.73. The van der Waals surface area contributed by atoms with Crippen LogP contribution in [0.1, 0.15) is 96.2 Å². The van der Waals surface area contributed by atoms with E-state index >= 15 is 0 Å². The van der Waals surface area contributed by atoms with Gasteiger partial charge in [-0.05, 0) is 74.8 Å². The molecule has 242 valence electrons. The lowest BCUT2D eigenvalue weighted by Crippen LogP contribution is -2.65. The molecule has 1 saturated heterocycles. The van der Waals surface area contributed by atoms with Gasteiger partial charge in [-0.15, -0.1) is 0 Å². The molecule has 1 aromatic heterocycles. The maximum atomic E-state index is 14.4. The molecule has 45 heavy (non-hydrogen) atoms. The smallest absolute Gasteiger partial charge is 0.404 e. The Morgan fingerprint density at radius 1 is 1.09 bits per heavy atom. The van der Waals surface area contributed by atoms with Crippen molar-refractivity contribution in [3.05, 3.63) is 53.9 Å². The van der Waals surface area contributed by atoms with Crippen molar-refractivity contribution in [1.29, 1.82) is 0 Å². The van der Waals surface area contributed by atoms with E-state index in [1.54, 1.807) is 16.9 Å². The molecular formula is C34H48BN5O5. The van der Waals surface area contributed by atoms with E-state index in [-0.39, 0.29) is 53.9 Å². The summed E-state index contributed by atoms with van der Waals surface area (Å²) in [4.78, 5) is 33.4. The molecule has 0 radical (unpaired) electrons. The number of nitrogens with one attached hydrogen (secondary N) is 2. The first-order chi connectivity index (χ1) is 21.3. The Hall–Kier alpha value is -3.18. The molecule has 4 fully saturated rings. The number of benzene rings is 1. The quantitative estimate of drug-likeness (QED) is 0.352. The summed E-state index contributed by atoms with van der Waals surface area (Å²) in [6, 6.07) is 11.6. The van der Waals surface area contributed by atoms with Gasteiger partial charge in [-0.1, -0.05) is 63.2 Å². The summed E-state index contributed by atoms with van der Waals surface area (Å²) in [5, 5.41) is 14.9. The SMILES string of the molecule is CC(C)C[C@H](NC(=O)C1(Cc2ccccc2)CC(CNC(=O)c2ccnn2C(C)C)=NO1)B1O[C@@H]2C[C@@H]3C[C@@H](C3(C)C)[C@]2(C)O1. The number of carbonyl (C=O) groups is 2. The molecule has 7 rings (SSSR count). The number of nitrogens with zero attached hydrogens (tertiary/aromatic N) is 3. The van der Waals surface area contributed by atoms with Crippen LogP contribution in [-0.2, 0) is 25.4 Å². The number of hydrogen-bond acceptors (Lipinski definition) is 7. The van der Waals surface area contributed by atoms with E-state index in [9.17, 15) is 9.59 Å². The van der Waals surface area contributed by atoms with Crippen LogP contribution < -0.4 is 10.6 Å². The maximum Gasteiger partial charge on any atom is 0.481 e. The molecule has 1 unspecified atom stereocenters. The zero-order chi connectivity index (χ0) is 32.1. The number of amides is 2. The zero-order valence-electron chi connectivity index (χ0n) is 27.7. The molecule has 3 heterocycles. The third kappa shape index (κ3) is 5.82. The van der Waals surface area contributed by atoms with Crippen LogP contribution in [0.5, 0.6) is 0 Å². The molecule has 6 atom stereocenters. The van der Waals surface area contributed by atoms with Crippen LogP contribution in [0.3, 0.4) is 0 Å². The molecule has 3 saturated carbocycles. The molecule has 2 aliphatic heterocycles. The Bertz CT molecular complexity index is 1440. The van der Waals surface area contributed by atoms with Crippen LogP contribution in [0.2, 0.25) is 0 Å². The second-order valence-corrected chi connectivity index (χ2v) is 15.1. The molecule has 10 nitrogen and oxygen atoms in total. The molecule has 11 heteroatoms. The third-order valence-corrected chi connectivity index (χ3v) is 10.8. The Morgan fingerprint density at radius 2 is 1.84 bits per heavy atom. The van der Waals surface area contributed by atoms with Crippen molar-refractivity contribution in [1.82, 2.24) is 20.4 Å². The van der Waals surface area contributed by atoms with Gasteiger partial charge in [0, 0.05) is 25.1 Å². The molecule has 2 N–H and O–H groups in total. The van der Waals surface area contributed by atoms with Crippen LogP contribution in [0.25, 0.3) is 0 Å². The van der Waals surface area contributed by atoms with Crippen LogP contribution in [0, 0.1) is 23.2 Å². The molecule has 2 aromatic rings. The first kappa shape index (κ1) is 31.8. The molecule has 2 amide bonds. The highest BCUT2D eigenvalue weighted by Gasteiger charge is 2.68. The van der Waals surface area contributed by atoms with Gasteiger partial charge in [0.2, 0.25) is 5.60 Å². The highest BCUT2D eigenvalue weighted by Crippen LogP contribution is 2.65. The van der Waals surface area contributed by atoms with Gasteiger partial charge in [-0.25, -0.2) is 0 Å². The summed E-state index contributed by atoms with van der Waals surface area (Å²) in [5.74, 6) is 0.524. The van der Waals surface area contributed by atoms with E-state index in [1.165, 1.54) is 6.42 Å². The van der Waals surface area contributed by atoms with Crippen molar-refractivity contribution < 1.29 is 23.7 Å². The van der Waals surface area contributed by atoms with E-state index in [0.717, 1.165) is 12.0 Å². The highest BCUT2D eigenvalue weighted by atomic mass is 16.7. The van der Waals surface area contributed by atoms with Gasteiger partial charge in [-0.2, -0.15) is 5.10 Å². The molecule has 1 aromatic carbocycles. The van der Waals surface area contributed by atoms with Crippen LogP contribution in [0.4, 0.5) is 0 Å². The Morgan fingerprint density at radius 3 is 2.53 bits per heavy atom. The lowest BCUT2D eigenvalue weighted by atomic mass is 9.43. The second-order valence-electron chi connectivity index (χ2n) is 15.1. The Kier molecular flexibility index (Phi) is 8.39. The normalized spacial score (nSPS) is 30.4. The number of oxime groups is 1. The summed E-state index contributed by atoms with van der Waals surface area (Å²) in [7, 11) is -0.540. The predicted molar refractivity (Wildman–Crippen MR) is 172 cm³/mol. The highest BCUT2D eigenvalue weighted by molar-refractivity contribution is 6.48. The van der Waals surface area contributed by atoms with Gasteiger partial charge in [-0.3, -0.25) is 14.3 Å². The molecule has 0 spiro atoms. The summed E-state index contributed by atoms with van der Waals surface area (Å²) in [5.41, 5.74) is 0.627. The number of rotatable bonds is 11. The standard InChI is InChI=1S/C34H48BN5O5/c1-21(2)15-29(35-43-28-17-24-16-27(32(24,5)6)33(28,7)44-35)38-31(42)34(18-23-11-9-8-10-12-23)19-25(39-45-34)20-36-30(41)26-13-14-37-40(26)22(3)4/h8-14,21-22,24,27-29H,15-20H2,1-7H3,(H,36,41)(H,38,42)/t24-,27-,28+,29-,33-,34?/m0/s1. The van der Waals surface area contributed by atoms with E-state index in [2.05, 4.69) is 55.5 Å². The van der Waals surface area contributed by atoms with Crippen LogP contribution in [-0.4, -0.2) is 64.2 Å². The van der Waals surface area contributed by atoms with Gasteiger partial charge >= 0.3 is 7.12 Å². The molecule has 5 aliphatic rings. The summed E-state index contributed by atoms with van der Waals surface area (Å²) in [6.45, 7) is 15.3. The van der Waals surface area contributed by atoms with E-state index in [0.29, 0.717) is 42.0 Å². The first-order valence-electron chi connectivity index (χ1n) is 16.6. The van der Waals surface area contributed by atoms with Crippen molar-refractivity contribution in [2.75, 3.05) is 6.54 Å². The third-order valence-electron chi connectivity index (χ3n) is 10.8. The van der Waals surface area contributed by atoms with Gasteiger partial charge in [0.05, 0.1) is 29.9 Å². The summed E-state index contributed by atoms with van der Waals surface area (Å²) in [6.07, 6.45) is 5.08. The largest absolute Gasteiger partial charge is 0.481 e. The van der Waals surface area contributed by atoms with Gasteiger partial charge in [0.25, 0.3) is 11.8 Å². The fourth-order valence-electron chi connectivity index (χ4n) is 8.16. The van der Waals surface area contributed by atoms with E-state index < -0.39 is 12.7 Å². The number of carbonyl (C=O) groups excluding carboxylic acids is 2. The van der Waals surface area contributed by atoms with Gasteiger partial charge in [0.1, 0.15) is 5.69 Å². The summed E-state index contributed by atoms with van der Waals surface area (Å²) >= 11 is 0. The van der Waals surface area contributed by atoms with Crippen molar-refractivity contribution in [2.45, 2.75) is 110 Å². The molecular weight excluding hydrogens is 569 g/mol. The van der Waals surface area contributed by atoms with Crippen molar-refractivity contribution in [3.63, 3.8) is 0 Å². The molecule has 2 bridgehead atoms. The Balaban J connectivity index is 1.18. The average molecular weight is 618 g/mol. The van der Waals surface area contributed by atoms with E-state index in [1.807, 2.05) is 44.2 Å². The second kappa shape index (κ2) is 11.9. The van der Waals surface area contributed by atoms with Gasteiger partial charge in [0.15, 0.2) is 0 Å². The first-order valence-corrected chi connectivity index (χ1v) is 16.6. The lowest BCUT2D eigenvalue weighted by molar-refractivity contribution is -0.199. The Labute approximate surface area is 267 Å².